The minimum atomic E-state index is -0.319. The molecule has 6 heteroatoms. The zero-order valence-electron chi connectivity index (χ0n) is 30.4. The van der Waals surface area contributed by atoms with Gasteiger partial charge in [0.15, 0.2) is 5.69 Å². The van der Waals surface area contributed by atoms with E-state index in [2.05, 4.69) is 84.8 Å². The molecule has 0 unspecified atom stereocenters. The lowest BCUT2D eigenvalue weighted by Gasteiger charge is -2.31. The van der Waals surface area contributed by atoms with Gasteiger partial charge in [0, 0.05) is 33.5 Å². The van der Waals surface area contributed by atoms with E-state index in [4.69, 9.17) is 6.57 Å². The van der Waals surface area contributed by atoms with Crippen LogP contribution in [0.4, 0.5) is 48.6 Å². The van der Waals surface area contributed by atoms with E-state index < -0.39 is 0 Å². The Balaban J connectivity index is 1.50. The third kappa shape index (κ3) is 5.83. The molecule has 0 fully saturated rings. The smallest absolute Gasteiger partial charge is 0.187 e. The predicted octanol–water partition coefficient (Wildman–Crippen LogP) is 14.5. The highest BCUT2D eigenvalue weighted by Gasteiger charge is 2.26. The maximum absolute atomic E-state index is 14.4. The molecule has 0 bridgehead atoms. The molecule has 0 heterocycles. The standard InChI is InChI=1S/C48H36F2N4/c1-29(2)43-26-45(53(36-16-8-32(49)9-17-36)35-14-6-31(28-51)7-15-35)41-24-22-40-44(30(3)4)27-46(42-25-23-39(43)47(41)48(40)42)54(37-18-10-33(50)11-19-37)38-20-12-34(52-5)13-21-38/h6-27,29-30H,1-4H3. The number of hydrogen-bond donors (Lipinski definition) is 0. The first-order valence-electron chi connectivity index (χ1n) is 18.0. The monoisotopic (exact) mass is 706 g/mol. The first kappa shape index (κ1) is 34.3. The molecule has 0 aliphatic carbocycles. The molecule has 262 valence electrons. The minimum absolute atomic E-state index is 0.171. The molecule has 0 saturated carbocycles. The third-order valence-electron chi connectivity index (χ3n) is 10.3. The number of halogens is 2. The summed E-state index contributed by atoms with van der Waals surface area (Å²) in [5.74, 6) is -0.293. The molecule has 8 aromatic carbocycles. The average molecular weight is 707 g/mol. The normalized spacial score (nSPS) is 11.4. The van der Waals surface area contributed by atoms with Gasteiger partial charge in [-0.1, -0.05) is 64.1 Å². The van der Waals surface area contributed by atoms with Gasteiger partial charge >= 0.3 is 0 Å². The van der Waals surface area contributed by atoms with E-state index in [1.807, 2.05) is 36.4 Å². The van der Waals surface area contributed by atoms with E-state index in [1.165, 1.54) is 35.4 Å². The van der Waals surface area contributed by atoms with Gasteiger partial charge in [0.2, 0.25) is 0 Å². The summed E-state index contributed by atoms with van der Waals surface area (Å²) in [6.45, 7) is 16.4. The molecule has 0 amide bonds. The highest BCUT2D eigenvalue weighted by Crippen LogP contribution is 2.51. The lowest BCUT2D eigenvalue weighted by molar-refractivity contribution is 0.627. The van der Waals surface area contributed by atoms with Gasteiger partial charge in [0.1, 0.15) is 11.6 Å². The van der Waals surface area contributed by atoms with Crippen molar-refractivity contribution in [3.05, 3.63) is 173 Å². The topological polar surface area (TPSA) is 34.6 Å². The van der Waals surface area contributed by atoms with Crippen molar-refractivity contribution in [3.8, 4) is 6.07 Å². The summed E-state index contributed by atoms with van der Waals surface area (Å²) in [5, 5.41) is 16.2. The van der Waals surface area contributed by atoms with Crippen molar-refractivity contribution in [1.29, 1.82) is 5.26 Å². The molecule has 8 aromatic rings. The second-order valence-corrected chi connectivity index (χ2v) is 14.3. The van der Waals surface area contributed by atoms with Crippen LogP contribution in [0.15, 0.2) is 133 Å². The van der Waals surface area contributed by atoms with Crippen LogP contribution in [-0.4, -0.2) is 0 Å². The fourth-order valence-electron chi connectivity index (χ4n) is 7.73. The number of nitriles is 1. The first-order chi connectivity index (χ1) is 26.2. The molecule has 4 nitrogen and oxygen atoms in total. The van der Waals surface area contributed by atoms with Gasteiger partial charge in [0.25, 0.3) is 0 Å². The Hall–Kier alpha value is -6.76. The van der Waals surface area contributed by atoms with Crippen LogP contribution in [0.2, 0.25) is 0 Å². The molecule has 0 saturated heterocycles. The molecular formula is C48H36F2N4. The Morgan fingerprint density at radius 2 is 0.870 bits per heavy atom. The van der Waals surface area contributed by atoms with E-state index in [9.17, 15) is 14.0 Å². The predicted molar refractivity (Wildman–Crippen MR) is 219 cm³/mol. The molecular weight excluding hydrogens is 671 g/mol. The third-order valence-corrected chi connectivity index (χ3v) is 10.3. The van der Waals surface area contributed by atoms with E-state index in [0.29, 0.717) is 11.3 Å². The van der Waals surface area contributed by atoms with Gasteiger partial charge in [-0.2, -0.15) is 5.26 Å². The Morgan fingerprint density at radius 1 is 0.519 bits per heavy atom. The number of nitrogens with zero attached hydrogens (tertiary/aromatic N) is 4. The highest BCUT2D eigenvalue weighted by atomic mass is 19.1. The van der Waals surface area contributed by atoms with Crippen molar-refractivity contribution < 1.29 is 8.78 Å². The van der Waals surface area contributed by atoms with Gasteiger partial charge in [-0.25, -0.2) is 13.6 Å². The van der Waals surface area contributed by atoms with E-state index in [0.717, 1.165) is 66.4 Å². The van der Waals surface area contributed by atoms with Crippen LogP contribution in [0, 0.1) is 29.5 Å². The fraction of sp³-hybridized carbons (Fsp3) is 0.125. The zero-order chi connectivity index (χ0) is 37.7. The fourth-order valence-corrected chi connectivity index (χ4v) is 7.73. The minimum Gasteiger partial charge on any atom is -0.310 e. The molecule has 0 aromatic heterocycles. The largest absolute Gasteiger partial charge is 0.310 e. The summed E-state index contributed by atoms with van der Waals surface area (Å²) in [7, 11) is 0. The summed E-state index contributed by atoms with van der Waals surface area (Å²) in [5.41, 5.74) is 8.62. The van der Waals surface area contributed by atoms with Crippen LogP contribution >= 0.6 is 0 Å². The SMILES string of the molecule is [C-]#[N+]c1ccc(N(c2ccc(F)cc2)c2cc(C(C)C)c3ccc4c(N(c5ccc(F)cc5)c5ccc(C#N)cc5)cc(C(C)C)c5ccc2c3c54)cc1. The Morgan fingerprint density at radius 3 is 1.22 bits per heavy atom. The molecule has 0 spiro atoms. The second kappa shape index (κ2) is 13.7. The number of benzene rings is 8. The molecule has 0 aliphatic rings. The van der Waals surface area contributed by atoms with Crippen LogP contribution in [0.1, 0.15) is 56.2 Å². The molecule has 54 heavy (non-hydrogen) atoms. The van der Waals surface area contributed by atoms with Gasteiger partial charge < -0.3 is 9.80 Å². The quantitative estimate of drug-likeness (QED) is 0.117. The van der Waals surface area contributed by atoms with Crippen molar-refractivity contribution in [3.63, 3.8) is 0 Å². The lowest BCUT2D eigenvalue weighted by Crippen LogP contribution is -2.13. The van der Waals surface area contributed by atoms with Crippen LogP contribution < -0.4 is 9.80 Å². The maximum Gasteiger partial charge on any atom is 0.187 e. The summed E-state index contributed by atoms with van der Waals surface area (Å²) in [6, 6.07) is 43.6. The maximum atomic E-state index is 14.4. The summed E-state index contributed by atoms with van der Waals surface area (Å²) >= 11 is 0. The molecule has 0 aliphatic heterocycles. The van der Waals surface area contributed by atoms with Crippen molar-refractivity contribution in [2.24, 2.45) is 0 Å². The summed E-state index contributed by atoms with van der Waals surface area (Å²) < 4.78 is 28.7. The summed E-state index contributed by atoms with van der Waals surface area (Å²) in [4.78, 5) is 7.91. The van der Waals surface area contributed by atoms with Gasteiger partial charge in [0.05, 0.1) is 29.6 Å². The van der Waals surface area contributed by atoms with Crippen LogP contribution in [0.3, 0.4) is 0 Å². The van der Waals surface area contributed by atoms with E-state index in [1.54, 1.807) is 36.4 Å². The van der Waals surface area contributed by atoms with Crippen LogP contribution in [0.25, 0.3) is 37.2 Å². The Bertz CT molecular complexity index is 2550. The zero-order valence-corrected chi connectivity index (χ0v) is 30.4. The van der Waals surface area contributed by atoms with Crippen molar-refractivity contribution in [2.75, 3.05) is 9.80 Å². The van der Waals surface area contributed by atoms with Gasteiger partial charge in [-0.05, 0) is 142 Å². The second-order valence-electron chi connectivity index (χ2n) is 14.3. The van der Waals surface area contributed by atoms with Crippen molar-refractivity contribution >= 4 is 72.1 Å². The summed E-state index contributed by atoms with van der Waals surface area (Å²) in [6.07, 6.45) is 0. The van der Waals surface area contributed by atoms with Crippen LogP contribution in [0.5, 0.6) is 0 Å². The Kier molecular flexibility index (Phi) is 8.68. The highest BCUT2D eigenvalue weighted by molar-refractivity contribution is 6.29. The first-order valence-corrected chi connectivity index (χ1v) is 18.0. The molecule has 0 radical (unpaired) electrons. The number of rotatable bonds is 8. The molecule has 8 rings (SSSR count). The number of anilines is 6. The Labute approximate surface area is 313 Å². The van der Waals surface area contributed by atoms with Crippen molar-refractivity contribution in [2.45, 2.75) is 39.5 Å². The van der Waals surface area contributed by atoms with Crippen LogP contribution in [-0.2, 0) is 0 Å². The molecule has 0 atom stereocenters. The van der Waals surface area contributed by atoms with Gasteiger partial charge in [-0.3, -0.25) is 0 Å². The number of hydrogen-bond acceptors (Lipinski definition) is 3. The lowest BCUT2D eigenvalue weighted by atomic mass is 9.84. The van der Waals surface area contributed by atoms with Gasteiger partial charge in [-0.15, -0.1) is 0 Å². The van der Waals surface area contributed by atoms with Crippen molar-refractivity contribution in [1.82, 2.24) is 0 Å². The molecule has 0 N–H and O–H groups in total. The van der Waals surface area contributed by atoms with E-state index in [-0.39, 0.29) is 23.5 Å². The van der Waals surface area contributed by atoms with E-state index >= 15 is 0 Å². The average Bonchev–Trinajstić information content (AvgIpc) is 3.19.